The maximum Gasteiger partial charge on any atom is 0.140 e. The quantitative estimate of drug-likeness (QED) is 0.804. The summed E-state index contributed by atoms with van der Waals surface area (Å²) in [6, 6.07) is 9.49. The van der Waals surface area contributed by atoms with E-state index in [0.717, 1.165) is 17.1 Å². The van der Waals surface area contributed by atoms with Crippen LogP contribution in [0, 0.1) is 4.64 Å². The molecular formula is C13H13ClN2S. The molecule has 4 heteroatoms. The van der Waals surface area contributed by atoms with Crippen molar-refractivity contribution in [3.8, 4) is 11.4 Å². The molecule has 0 unspecified atom stereocenters. The lowest BCUT2D eigenvalue weighted by Crippen LogP contribution is -1.98. The van der Waals surface area contributed by atoms with Gasteiger partial charge in [0, 0.05) is 11.3 Å². The van der Waals surface area contributed by atoms with E-state index in [0.29, 0.717) is 15.6 Å². The molecular weight excluding hydrogens is 252 g/mol. The highest BCUT2D eigenvalue weighted by Gasteiger charge is 2.07. The van der Waals surface area contributed by atoms with Crippen LogP contribution in [0.3, 0.4) is 0 Å². The van der Waals surface area contributed by atoms with Gasteiger partial charge in [-0.25, -0.2) is 4.98 Å². The Morgan fingerprint density at radius 3 is 2.65 bits per heavy atom. The molecule has 17 heavy (non-hydrogen) atoms. The van der Waals surface area contributed by atoms with Crippen LogP contribution < -0.4 is 0 Å². The predicted molar refractivity (Wildman–Crippen MR) is 74.0 cm³/mol. The van der Waals surface area contributed by atoms with E-state index in [9.17, 15) is 0 Å². The molecule has 1 N–H and O–H groups in total. The zero-order valence-corrected chi connectivity index (χ0v) is 11.3. The largest absolute Gasteiger partial charge is 0.343 e. The van der Waals surface area contributed by atoms with Crippen LogP contribution in [0.5, 0.6) is 0 Å². The molecule has 0 atom stereocenters. The number of nitrogens with one attached hydrogen (secondary N) is 1. The van der Waals surface area contributed by atoms with E-state index in [1.807, 2.05) is 30.3 Å². The van der Waals surface area contributed by atoms with Crippen molar-refractivity contribution in [2.75, 3.05) is 0 Å². The van der Waals surface area contributed by atoms with Gasteiger partial charge in [-0.15, -0.1) is 0 Å². The summed E-state index contributed by atoms with van der Waals surface area (Å²) in [7, 11) is 0. The zero-order chi connectivity index (χ0) is 12.4. The van der Waals surface area contributed by atoms with E-state index in [-0.39, 0.29) is 0 Å². The van der Waals surface area contributed by atoms with Gasteiger partial charge < -0.3 is 4.98 Å². The normalized spacial score (nSPS) is 10.8. The minimum Gasteiger partial charge on any atom is -0.343 e. The second-order valence-corrected chi connectivity index (χ2v) is 4.98. The van der Waals surface area contributed by atoms with Gasteiger partial charge in [0.1, 0.15) is 10.5 Å². The number of hydrogen-bond acceptors (Lipinski definition) is 2. The van der Waals surface area contributed by atoms with Crippen LogP contribution in [0.1, 0.15) is 25.5 Å². The summed E-state index contributed by atoms with van der Waals surface area (Å²) >= 11 is 11.3. The minimum absolute atomic E-state index is 0.376. The molecule has 1 aromatic carbocycles. The van der Waals surface area contributed by atoms with Gasteiger partial charge in [-0.05, 0) is 24.1 Å². The third-order valence-electron chi connectivity index (χ3n) is 2.51. The molecule has 0 saturated carbocycles. The summed E-state index contributed by atoms with van der Waals surface area (Å²) in [4.78, 5) is 7.60. The fraction of sp³-hybridized carbons (Fsp3) is 0.231. The van der Waals surface area contributed by atoms with Crippen molar-refractivity contribution < 1.29 is 0 Å². The second kappa shape index (κ2) is 4.98. The first kappa shape index (κ1) is 12.3. The lowest BCUT2D eigenvalue weighted by molar-refractivity contribution is 0.815. The van der Waals surface area contributed by atoms with E-state index in [4.69, 9.17) is 23.8 Å². The minimum atomic E-state index is 0.376. The Morgan fingerprint density at radius 1 is 1.29 bits per heavy atom. The molecule has 2 nitrogen and oxygen atoms in total. The smallest absolute Gasteiger partial charge is 0.140 e. The Kier molecular flexibility index (Phi) is 3.60. The number of rotatable bonds is 2. The fourth-order valence-corrected chi connectivity index (χ4v) is 2.01. The van der Waals surface area contributed by atoms with E-state index in [1.54, 1.807) is 0 Å². The van der Waals surface area contributed by atoms with Gasteiger partial charge in [-0.1, -0.05) is 49.8 Å². The fourth-order valence-electron chi connectivity index (χ4n) is 1.57. The summed E-state index contributed by atoms with van der Waals surface area (Å²) in [6.45, 7) is 4.22. The van der Waals surface area contributed by atoms with Crippen molar-refractivity contribution in [1.82, 2.24) is 9.97 Å². The van der Waals surface area contributed by atoms with Crippen LogP contribution in [-0.4, -0.2) is 9.97 Å². The summed E-state index contributed by atoms with van der Waals surface area (Å²) in [5.41, 5.74) is 1.95. The first-order valence-corrected chi connectivity index (χ1v) is 6.22. The second-order valence-electron chi connectivity index (χ2n) is 4.16. The van der Waals surface area contributed by atoms with Crippen LogP contribution in [0.4, 0.5) is 0 Å². The number of aromatic nitrogens is 2. The first-order valence-electron chi connectivity index (χ1n) is 5.44. The Balaban J connectivity index is 2.60. The molecule has 0 aliphatic rings. The van der Waals surface area contributed by atoms with E-state index >= 15 is 0 Å². The van der Waals surface area contributed by atoms with Gasteiger partial charge in [0.25, 0.3) is 0 Å². The molecule has 0 radical (unpaired) electrons. The Labute approximate surface area is 111 Å². The van der Waals surface area contributed by atoms with Gasteiger partial charge in [0.15, 0.2) is 0 Å². The molecule has 0 bridgehead atoms. The van der Waals surface area contributed by atoms with Crippen LogP contribution in [-0.2, 0) is 0 Å². The molecule has 0 fully saturated rings. The molecule has 0 amide bonds. The van der Waals surface area contributed by atoms with E-state index in [1.165, 1.54) is 0 Å². The van der Waals surface area contributed by atoms with Crippen LogP contribution >= 0.6 is 23.8 Å². The van der Waals surface area contributed by atoms with Gasteiger partial charge in [-0.3, -0.25) is 0 Å². The molecule has 0 saturated heterocycles. The summed E-state index contributed by atoms with van der Waals surface area (Å²) < 4.78 is 0.586. The van der Waals surface area contributed by atoms with Gasteiger partial charge >= 0.3 is 0 Å². The monoisotopic (exact) mass is 264 g/mol. The molecule has 2 rings (SSSR count). The molecule has 0 aliphatic carbocycles. The molecule has 0 aliphatic heterocycles. The third-order valence-corrected chi connectivity index (χ3v) is 3.05. The van der Waals surface area contributed by atoms with Gasteiger partial charge in [0.05, 0.1) is 5.02 Å². The lowest BCUT2D eigenvalue weighted by Gasteiger charge is -2.09. The van der Waals surface area contributed by atoms with Crippen molar-refractivity contribution in [2.45, 2.75) is 19.8 Å². The Bertz CT molecular complexity index is 590. The number of H-pyrrole nitrogens is 1. The number of benzene rings is 1. The molecule has 2 aromatic rings. The highest BCUT2D eigenvalue weighted by molar-refractivity contribution is 7.71. The number of aromatic amines is 1. The number of halogens is 1. The summed E-state index contributed by atoms with van der Waals surface area (Å²) in [6.07, 6.45) is 0. The summed E-state index contributed by atoms with van der Waals surface area (Å²) in [5.74, 6) is 1.10. The van der Waals surface area contributed by atoms with E-state index < -0.39 is 0 Å². The van der Waals surface area contributed by atoms with Gasteiger partial charge in [0.2, 0.25) is 0 Å². The molecule has 1 heterocycles. The molecule has 88 valence electrons. The van der Waals surface area contributed by atoms with E-state index in [2.05, 4.69) is 23.8 Å². The highest BCUT2D eigenvalue weighted by atomic mass is 35.5. The number of hydrogen-bond donors (Lipinski definition) is 1. The van der Waals surface area contributed by atoms with Crippen molar-refractivity contribution in [3.05, 3.63) is 45.7 Å². The Morgan fingerprint density at radius 2 is 2.00 bits per heavy atom. The number of nitrogens with zero attached hydrogens (tertiary/aromatic N) is 1. The summed E-state index contributed by atoms with van der Waals surface area (Å²) in [5, 5.41) is 0.673. The van der Waals surface area contributed by atoms with Crippen LogP contribution in [0.2, 0.25) is 5.02 Å². The van der Waals surface area contributed by atoms with Gasteiger partial charge in [-0.2, -0.15) is 0 Å². The topological polar surface area (TPSA) is 28.7 Å². The SMILES string of the molecule is CC(C)c1cc(=S)nc(-c2ccccc2Cl)[nH]1. The average Bonchev–Trinajstić information content (AvgIpc) is 2.28. The van der Waals surface area contributed by atoms with Crippen molar-refractivity contribution in [3.63, 3.8) is 0 Å². The maximum atomic E-state index is 6.15. The Hall–Kier alpha value is -1.19. The highest BCUT2D eigenvalue weighted by Crippen LogP contribution is 2.25. The maximum absolute atomic E-state index is 6.15. The lowest BCUT2D eigenvalue weighted by atomic mass is 10.1. The molecule has 0 spiro atoms. The van der Waals surface area contributed by atoms with Crippen LogP contribution in [0.25, 0.3) is 11.4 Å². The standard InChI is InChI=1S/C13H13ClN2S/c1-8(2)11-7-12(17)16-13(15-11)9-5-3-4-6-10(9)14/h3-8H,1-2H3,(H,15,16,17). The van der Waals surface area contributed by atoms with Crippen molar-refractivity contribution in [2.24, 2.45) is 0 Å². The third kappa shape index (κ3) is 2.73. The van der Waals surface area contributed by atoms with Crippen molar-refractivity contribution >= 4 is 23.8 Å². The van der Waals surface area contributed by atoms with Crippen molar-refractivity contribution in [1.29, 1.82) is 0 Å². The predicted octanol–water partition coefficient (Wildman–Crippen LogP) is 4.58. The first-order chi connectivity index (χ1) is 8.08. The zero-order valence-electron chi connectivity index (χ0n) is 9.70. The molecule has 1 aromatic heterocycles. The average molecular weight is 265 g/mol. The van der Waals surface area contributed by atoms with Crippen LogP contribution in [0.15, 0.2) is 30.3 Å².